The lowest BCUT2D eigenvalue weighted by molar-refractivity contribution is -0.117. The number of sulfonamides is 1. The highest BCUT2D eigenvalue weighted by Gasteiger charge is 2.32. The zero-order valence-corrected chi connectivity index (χ0v) is 19.2. The number of halogens is 1. The summed E-state index contributed by atoms with van der Waals surface area (Å²) in [6.07, 6.45) is 1.04. The number of carbonyl (C=O) groups is 2. The summed E-state index contributed by atoms with van der Waals surface area (Å²) in [5.41, 5.74) is 0.156. The number of hydrogen-bond acceptors (Lipinski definition) is 7. The van der Waals surface area contributed by atoms with Gasteiger partial charge in [-0.3, -0.25) is 9.10 Å². The van der Waals surface area contributed by atoms with Crippen molar-refractivity contribution in [3.8, 4) is 11.5 Å². The molecule has 1 amide bonds. The molecule has 0 saturated carbocycles. The predicted molar refractivity (Wildman–Crippen MR) is 117 cm³/mol. The van der Waals surface area contributed by atoms with E-state index in [2.05, 4.69) is 5.32 Å². The van der Waals surface area contributed by atoms with Crippen LogP contribution in [0.3, 0.4) is 0 Å². The Morgan fingerprint density at radius 3 is 2.09 bits per heavy atom. The van der Waals surface area contributed by atoms with Crippen LogP contribution in [0.5, 0.6) is 11.5 Å². The molecule has 0 unspecified atom stereocenters. The van der Waals surface area contributed by atoms with E-state index in [1.165, 1.54) is 45.6 Å². The molecular weight excluding hydrogens is 443 g/mol. The summed E-state index contributed by atoms with van der Waals surface area (Å²) in [4.78, 5) is 25.4. The molecule has 0 aliphatic rings. The molecular formula is C21H25FN2O7S. The van der Waals surface area contributed by atoms with Crippen molar-refractivity contribution < 1.29 is 36.6 Å². The standard InChI is InChI=1S/C21H25FN2O7S/c1-6-17(24(32(5,27)28)14-9-7-13(22)8-10-14)20(25)23-16-12-19(30-3)18(29-2)11-15(16)21(26)31-4/h7-12,17H,6H2,1-5H3,(H,23,25)/t17-/m1/s1. The van der Waals surface area contributed by atoms with Gasteiger partial charge in [0.1, 0.15) is 11.9 Å². The molecule has 0 radical (unpaired) electrons. The molecule has 0 spiro atoms. The molecule has 0 heterocycles. The second kappa shape index (κ2) is 10.3. The summed E-state index contributed by atoms with van der Waals surface area (Å²) in [6.45, 7) is 1.63. The Kier molecular flexibility index (Phi) is 8.03. The van der Waals surface area contributed by atoms with Crippen LogP contribution < -0.4 is 19.1 Å². The van der Waals surface area contributed by atoms with Gasteiger partial charge < -0.3 is 19.5 Å². The van der Waals surface area contributed by atoms with Gasteiger partial charge in [0, 0.05) is 12.1 Å². The topological polar surface area (TPSA) is 111 Å². The second-order valence-corrected chi connectivity index (χ2v) is 8.55. The largest absolute Gasteiger partial charge is 0.493 e. The first-order valence-electron chi connectivity index (χ1n) is 9.47. The van der Waals surface area contributed by atoms with Crippen molar-refractivity contribution in [1.82, 2.24) is 0 Å². The summed E-state index contributed by atoms with van der Waals surface area (Å²) in [5.74, 6) is -1.52. The van der Waals surface area contributed by atoms with E-state index < -0.39 is 33.8 Å². The average molecular weight is 469 g/mol. The third-order valence-electron chi connectivity index (χ3n) is 4.60. The molecule has 11 heteroatoms. The molecule has 174 valence electrons. The van der Waals surface area contributed by atoms with Gasteiger partial charge >= 0.3 is 5.97 Å². The Bertz CT molecular complexity index is 1090. The quantitative estimate of drug-likeness (QED) is 0.563. The van der Waals surface area contributed by atoms with Crippen molar-refractivity contribution in [3.63, 3.8) is 0 Å². The third kappa shape index (κ3) is 5.47. The third-order valence-corrected chi connectivity index (χ3v) is 5.78. The maximum Gasteiger partial charge on any atom is 0.340 e. The molecule has 2 aromatic carbocycles. The summed E-state index contributed by atoms with van der Waals surface area (Å²) < 4.78 is 54.5. The number of anilines is 2. The van der Waals surface area contributed by atoms with Crippen LogP contribution in [0.4, 0.5) is 15.8 Å². The van der Waals surface area contributed by atoms with Crippen LogP contribution in [0, 0.1) is 5.82 Å². The van der Waals surface area contributed by atoms with Crippen LogP contribution in [0.2, 0.25) is 0 Å². The molecule has 0 saturated heterocycles. The van der Waals surface area contributed by atoms with Gasteiger partial charge in [-0.1, -0.05) is 6.92 Å². The zero-order chi connectivity index (χ0) is 24.1. The minimum atomic E-state index is -3.92. The van der Waals surface area contributed by atoms with Crippen LogP contribution in [0.1, 0.15) is 23.7 Å². The van der Waals surface area contributed by atoms with E-state index in [1.807, 2.05) is 0 Å². The van der Waals surface area contributed by atoms with Crippen LogP contribution in [-0.4, -0.2) is 53.9 Å². The van der Waals surface area contributed by atoms with Crippen molar-refractivity contribution in [2.75, 3.05) is 37.2 Å². The zero-order valence-electron chi connectivity index (χ0n) is 18.3. The predicted octanol–water partition coefficient (Wildman–Crippen LogP) is 2.81. The number of nitrogens with zero attached hydrogens (tertiary/aromatic N) is 1. The van der Waals surface area contributed by atoms with Crippen LogP contribution in [0.15, 0.2) is 36.4 Å². The maximum absolute atomic E-state index is 13.3. The van der Waals surface area contributed by atoms with Gasteiger partial charge in [0.05, 0.1) is 44.5 Å². The fourth-order valence-corrected chi connectivity index (χ4v) is 4.34. The molecule has 0 fully saturated rings. The Labute approximate surface area is 186 Å². The highest BCUT2D eigenvalue weighted by molar-refractivity contribution is 7.92. The van der Waals surface area contributed by atoms with Crippen LogP contribution >= 0.6 is 0 Å². The van der Waals surface area contributed by atoms with Gasteiger partial charge in [0.2, 0.25) is 15.9 Å². The molecule has 9 nitrogen and oxygen atoms in total. The Balaban J connectivity index is 2.52. The maximum atomic E-state index is 13.3. The van der Waals surface area contributed by atoms with Crippen molar-refractivity contribution in [1.29, 1.82) is 0 Å². The van der Waals surface area contributed by atoms with Crippen molar-refractivity contribution in [3.05, 3.63) is 47.8 Å². The number of carbonyl (C=O) groups excluding carboxylic acids is 2. The van der Waals surface area contributed by atoms with Crippen molar-refractivity contribution in [2.24, 2.45) is 0 Å². The number of methoxy groups -OCH3 is 3. The van der Waals surface area contributed by atoms with Gasteiger partial charge in [0.25, 0.3) is 0 Å². The average Bonchev–Trinajstić information content (AvgIpc) is 2.76. The van der Waals surface area contributed by atoms with Gasteiger partial charge in [-0.15, -0.1) is 0 Å². The van der Waals surface area contributed by atoms with E-state index >= 15 is 0 Å². The fourth-order valence-electron chi connectivity index (χ4n) is 3.13. The van der Waals surface area contributed by atoms with E-state index in [9.17, 15) is 22.4 Å². The summed E-state index contributed by atoms with van der Waals surface area (Å²) in [5, 5.41) is 2.58. The van der Waals surface area contributed by atoms with Crippen molar-refractivity contribution in [2.45, 2.75) is 19.4 Å². The monoisotopic (exact) mass is 468 g/mol. The van der Waals surface area contributed by atoms with Gasteiger partial charge in [-0.05, 0) is 30.7 Å². The number of rotatable bonds is 9. The highest BCUT2D eigenvalue weighted by Crippen LogP contribution is 2.34. The molecule has 2 rings (SSSR count). The first-order valence-corrected chi connectivity index (χ1v) is 11.3. The number of benzene rings is 2. The van der Waals surface area contributed by atoms with E-state index in [0.29, 0.717) is 0 Å². The minimum Gasteiger partial charge on any atom is -0.493 e. The highest BCUT2D eigenvalue weighted by atomic mass is 32.2. The number of esters is 1. The molecule has 0 bridgehead atoms. The van der Waals surface area contributed by atoms with Crippen LogP contribution in [0.25, 0.3) is 0 Å². The lowest BCUT2D eigenvalue weighted by Crippen LogP contribution is -2.47. The Hall–Kier alpha value is -3.34. The fraction of sp³-hybridized carbons (Fsp3) is 0.333. The SMILES string of the molecule is CC[C@H](C(=O)Nc1cc(OC)c(OC)cc1C(=O)OC)N(c1ccc(F)cc1)S(C)(=O)=O. The number of ether oxygens (including phenoxy) is 3. The molecule has 32 heavy (non-hydrogen) atoms. The minimum absolute atomic E-state index is 0.0129. The van der Waals surface area contributed by atoms with E-state index in [1.54, 1.807) is 6.92 Å². The Morgan fingerprint density at radius 2 is 1.62 bits per heavy atom. The van der Waals surface area contributed by atoms with E-state index in [4.69, 9.17) is 14.2 Å². The normalized spacial score (nSPS) is 11.9. The van der Waals surface area contributed by atoms with Crippen molar-refractivity contribution >= 4 is 33.3 Å². The molecule has 1 atom stereocenters. The summed E-state index contributed by atoms with van der Waals surface area (Å²) >= 11 is 0. The molecule has 0 aromatic heterocycles. The number of hydrogen-bond donors (Lipinski definition) is 1. The number of amides is 1. The lowest BCUT2D eigenvalue weighted by atomic mass is 10.1. The van der Waals surface area contributed by atoms with Crippen LogP contribution in [-0.2, 0) is 19.6 Å². The summed E-state index contributed by atoms with van der Waals surface area (Å²) in [7, 11) is 0.0305. The lowest BCUT2D eigenvalue weighted by Gasteiger charge is -2.30. The smallest absolute Gasteiger partial charge is 0.340 e. The molecule has 1 N–H and O–H groups in total. The first-order chi connectivity index (χ1) is 15.1. The second-order valence-electron chi connectivity index (χ2n) is 6.69. The molecule has 2 aromatic rings. The molecule has 0 aliphatic heterocycles. The molecule has 0 aliphatic carbocycles. The van der Waals surface area contributed by atoms with Gasteiger partial charge in [-0.25, -0.2) is 17.6 Å². The van der Waals surface area contributed by atoms with E-state index in [-0.39, 0.29) is 34.9 Å². The Morgan fingerprint density at radius 1 is 1.06 bits per heavy atom. The van der Waals surface area contributed by atoms with Gasteiger partial charge in [-0.2, -0.15) is 0 Å². The van der Waals surface area contributed by atoms with E-state index in [0.717, 1.165) is 22.7 Å². The first kappa shape index (κ1) is 24.9. The number of nitrogens with one attached hydrogen (secondary N) is 1. The summed E-state index contributed by atoms with van der Waals surface area (Å²) in [6, 6.07) is 6.26. The van der Waals surface area contributed by atoms with Gasteiger partial charge in [0.15, 0.2) is 11.5 Å².